The molecule has 0 saturated carbocycles. The lowest BCUT2D eigenvalue weighted by Crippen LogP contribution is -2.21. The van der Waals surface area contributed by atoms with Gasteiger partial charge in [-0.2, -0.15) is 16.9 Å². The highest BCUT2D eigenvalue weighted by atomic mass is 32.2. The predicted octanol–water partition coefficient (Wildman–Crippen LogP) is 1.84. The Balaban J connectivity index is 2.45. The second-order valence-electron chi connectivity index (χ2n) is 4.59. The molecule has 1 rings (SSSR count). The quantitative estimate of drug-likeness (QED) is 0.738. The van der Waals surface area contributed by atoms with Crippen LogP contribution in [0.15, 0.2) is 6.07 Å². The molecular weight excluding hydrogens is 280 g/mol. The molecule has 0 aromatic carbocycles. The lowest BCUT2D eigenvalue weighted by atomic mass is 10.0. The summed E-state index contributed by atoms with van der Waals surface area (Å²) in [5, 5.41) is 13.2. The van der Waals surface area contributed by atoms with Crippen molar-refractivity contribution in [2.24, 2.45) is 5.92 Å². The molecule has 6 nitrogen and oxygen atoms in total. The molecule has 1 N–H and O–H groups in total. The van der Waals surface area contributed by atoms with Crippen molar-refractivity contribution in [2.45, 2.75) is 33.4 Å². The van der Waals surface area contributed by atoms with E-state index in [9.17, 15) is 9.59 Å². The fourth-order valence-corrected chi connectivity index (χ4v) is 2.29. The first-order valence-corrected chi connectivity index (χ1v) is 7.71. The summed E-state index contributed by atoms with van der Waals surface area (Å²) < 4.78 is 6.65. The Labute approximate surface area is 122 Å². The third kappa shape index (κ3) is 5.24. The topological polar surface area (TPSA) is 81.4 Å². The Kier molecular flexibility index (Phi) is 6.57. The number of aromatic nitrogens is 2. The van der Waals surface area contributed by atoms with Crippen molar-refractivity contribution in [3.05, 3.63) is 17.5 Å². The van der Waals surface area contributed by atoms with Gasteiger partial charge in [0.15, 0.2) is 6.73 Å². The minimum atomic E-state index is -0.956. The first-order valence-electron chi connectivity index (χ1n) is 6.32. The van der Waals surface area contributed by atoms with Gasteiger partial charge in [0.1, 0.15) is 0 Å². The van der Waals surface area contributed by atoms with Crippen LogP contribution in [-0.4, -0.2) is 38.8 Å². The van der Waals surface area contributed by atoms with Gasteiger partial charge in [-0.3, -0.25) is 9.59 Å². The van der Waals surface area contributed by atoms with Gasteiger partial charge in [-0.15, -0.1) is 0 Å². The minimum Gasteiger partial charge on any atom is -0.481 e. The second-order valence-corrected chi connectivity index (χ2v) is 5.58. The van der Waals surface area contributed by atoms with Gasteiger partial charge in [-0.05, 0) is 38.3 Å². The predicted molar refractivity (Wildman–Crippen MR) is 76.5 cm³/mol. The van der Waals surface area contributed by atoms with E-state index in [-0.39, 0.29) is 13.2 Å². The van der Waals surface area contributed by atoms with E-state index in [2.05, 4.69) is 5.10 Å². The van der Waals surface area contributed by atoms with E-state index in [1.807, 2.05) is 26.2 Å². The standard InChI is InChI=1S/C13H20N2O4S/c1-9-6-10(2)15(14-9)8-19-12(16)7-11(13(17)18)4-5-20-3/h6,11H,4-5,7-8H2,1-3H3,(H,17,18). The van der Waals surface area contributed by atoms with Crippen LogP contribution in [-0.2, 0) is 21.1 Å². The summed E-state index contributed by atoms with van der Waals surface area (Å²) in [5.41, 5.74) is 1.74. The van der Waals surface area contributed by atoms with Crippen molar-refractivity contribution in [1.82, 2.24) is 9.78 Å². The molecule has 0 radical (unpaired) electrons. The molecule has 0 spiro atoms. The number of aliphatic carboxylic acids is 1. The van der Waals surface area contributed by atoms with Crippen molar-refractivity contribution >= 4 is 23.7 Å². The maximum absolute atomic E-state index is 11.7. The highest BCUT2D eigenvalue weighted by Crippen LogP contribution is 2.13. The number of hydrogen-bond donors (Lipinski definition) is 1. The molecule has 0 aliphatic rings. The molecule has 7 heteroatoms. The first kappa shape index (κ1) is 16.6. The van der Waals surface area contributed by atoms with Gasteiger partial charge in [0.2, 0.25) is 0 Å². The van der Waals surface area contributed by atoms with Crippen LogP contribution in [0.4, 0.5) is 0 Å². The Morgan fingerprint density at radius 2 is 2.20 bits per heavy atom. The number of nitrogens with zero attached hydrogens (tertiary/aromatic N) is 2. The molecule has 0 aliphatic carbocycles. The number of rotatable bonds is 8. The van der Waals surface area contributed by atoms with Gasteiger partial charge < -0.3 is 9.84 Å². The summed E-state index contributed by atoms with van der Waals surface area (Å²) in [7, 11) is 0. The highest BCUT2D eigenvalue weighted by Gasteiger charge is 2.21. The lowest BCUT2D eigenvalue weighted by Gasteiger charge is -2.11. The van der Waals surface area contributed by atoms with Crippen molar-refractivity contribution in [3.8, 4) is 0 Å². The molecule has 1 heterocycles. The van der Waals surface area contributed by atoms with Crippen LogP contribution in [0.1, 0.15) is 24.2 Å². The van der Waals surface area contributed by atoms with Crippen LogP contribution in [0.2, 0.25) is 0 Å². The summed E-state index contributed by atoms with van der Waals surface area (Å²) >= 11 is 1.56. The molecule has 1 aromatic heterocycles. The number of carboxylic acids is 1. The maximum atomic E-state index is 11.7. The van der Waals surface area contributed by atoms with Gasteiger partial charge >= 0.3 is 11.9 Å². The van der Waals surface area contributed by atoms with Gasteiger partial charge in [-0.25, -0.2) is 4.68 Å². The maximum Gasteiger partial charge on any atom is 0.308 e. The van der Waals surface area contributed by atoms with Gasteiger partial charge in [0.05, 0.1) is 18.0 Å². The molecule has 1 unspecified atom stereocenters. The third-order valence-corrected chi connectivity index (χ3v) is 3.53. The molecule has 0 bridgehead atoms. The minimum absolute atomic E-state index is 0.0212. The number of thioether (sulfide) groups is 1. The van der Waals surface area contributed by atoms with Gasteiger partial charge in [0, 0.05) is 5.69 Å². The van der Waals surface area contributed by atoms with Crippen molar-refractivity contribution in [3.63, 3.8) is 0 Å². The number of esters is 1. The van der Waals surface area contributed by atoms with Gasteiger partial charge in [-0.1, -0.05) is 0 Å². The number of aryl methyl sites for hydroxylation is 2. The second kappa shape index (κ2) is 7.94. The lowest BCUT2D eigenvalue weighted by molar-refractivity contribution is -0.154. The molecule has 1 aromatic rings. The third-order valence-electron chi connectivity index (χ3n) is 2.88. The van der Waals surface area contributed by atoms with Crippen molar-refractivity contribution in [1.29, 1.82) is 0 Å². The van der Waals surface area contributed by atoms with E-state index in [1.165, 1.54) is 0 Å². The molecular formula is C13H20N2O4S. The Hall–Kier alpha value is -1.50. The molecule has 0 fully saturated rings. The summed E-state index contributed by atoms with van der Waals surface area (Å²) in [4.78, 5) is 22.7. The largest absolute Gasteiger partial charge is 0.481 e. The van der Waals surface area contributed by atoms with E-state index in [4.69, 9.17) is 9.84 Å². The molecule has 1 atom stereocenters. The summed E-state index contributed by atoms with van der Waals surface area (Å²) in [6.45, 7) is 3.74. The number of ether oxygens (including phenoxy) is 1. The van der Waals surface area contributed by atoms with E-state index >= 15 is 0 Å². The van der Waals surface area contributed by atoms with Crippen molar-refractivity contribution < 1.29 is 19.4 Å². The normalized spacial score (nSPS) is 12.2. The zero-order valence-corrected chi connectivity index (χ0v) is 12.8. The summed E-state index contributed by atoms with van der Waals surface area (Å²) in [6.07, 6.45) is 2.26. The van der Waals surface area contributed by atoms with Crippen LogP contribution in [0.5, 0.6) is 0 Å². The van der Waals surface area contributed by atoms with Gasteiger partial charge in [0.25, 0.3) is 0 Å². The average molecular weight is 300 g/mol. The van der Waals surface area contributed by atoms with Crippen LogP contribution in [0.25, 0.3) is 0 Å². The zero-order valence-electron chi connectivity index (χ0n) is 12.0. The Morgan fingerprint density at radius 1 is 1.50 bits per heavy atom. The number of carbonyl (C=O) groups excluding carboxylic acids is 1. The van der Waals surface area contributed by atoms with Crippen LogP contribution in [0, 0.1) is 19.8 Å². The number of carboxylic acid groups (broad SMARTS) is 1. The summed E-state index contributed by atoms with van der Waals surface area (Å²) in [5.74, 6) is -1.44. The van der Waals surface area contributed by atoms with E-state index in [1.54, 1.807) is 16.4 Å². The Morgan fingerprint density at radius 3 is 2.70 bits per heavy atom. The smallest absolute Gasteiger partial charge is 0.308 e. The Bertz CT molecular complexity index is 473. The summed E-state index contributed by atoms with van der Waals surface area (Å²) in [6, 6.07) is 1.88. The molecule has 112 valence electrons. The van der Waals surface area contributed by atoms with Crippen LogP contribution in [0.3, 0.4) is 0 Å². The van der Waals surface area contributed by atoms with Crippen LogP contribution >= 0.6 is 11.8 Å². The fraction of sp³-hybridized carbons (Fsp3) is 0.615. The molecule has 0 aliphatic heterocycles. The molecule has 20 heavy (non-hydrogen) atoms. The molecule has 0 saturated heterocycles. The number of hydrogen-bond acceptors (Lipinski definition) is 5. The van der Waals surface area contributed by atoms with E-state index in [0.717, 1.165) is 11.4 Å². The van der Waals surface area contributed by atoms with Crippen molar-refractivity contribution in [2.75, 3.05) is 12.0 Å². The monoisotopic (exact) mass is 300 g/mol. The van der Waals surface area contributed by atoms with Crippen LogP contribution < -0.4 is 0 Å². The first-order chi connectivity index (χ1) is 9.43. The highest BCUT2D eigenvalue weighted by molar-refractivity contribution is 7.98. The number of carbonyl (C=O) groups is 2. The van der Waals surface area contributed by atoms with E-state index < -0.39 is 17.9 Å². The average Bonchev–Trinajstić information content (AvgIpc) is 2.70. The zero-order chi connectivity index (χ0) is 15.1. The van der Waals surface area contributed by atoms with E-state index in [0.29, 0.717) is 12.2 Å². The SMILES string of the molecule is CSCCC(CC(=O)OCn1nc(C)cc1C)C(=O)O. The fourth-order valence-electron chi connectivity index (χ4n) is 1.77. The molecule has 0 amide bonds.